The number of aryl methyl sites for hydroxylation is 3. The topological polar surface area (TPSA) is 296 Å². The molecule has 0 spiro atoms. The van der Waals surface area contributed by atoms with Crippen LogP contribution in [0.4, 0.5) is 57.9 Å². The largest absolute Gasteiger partial charge is 0.487 e. The van der Waals surface area contributed by atoms with E-state index in [1.54, 1.807) is 11.8 Å². The van der Waals surface area contributed by atoms with Gasteiger partial charge in [-0.1, -0.05) is 193 Å². The molecule has 0 saturated heterocycles. The summed E-state index contributed by atoms with van der Waals surface area (Å²) < 4.78 is 17.6. The number of pyridine rings is 5. The van der Waals surface area contributed by atoms with Gasteiger partial charge in [0.1, 0.15) is 42.2 Å². The van der Waals surface area contributed by atoms with Crippen molar-refractivity contribution in [3.05, 3.63) is 387 Å². The Kier molecular flexibility index (Phi) is 27.7. The molecule has 10 heterocycles. The Morgan fingerprint density at radius 3 is 1.28 bits per heavy atom. The second-order valence-corrected chi connectivity index (χ2v) is 35.6. The van der Waals surface area contributed by atoms with Crippen LogP contribution in [0.5, 0.6) is 11.5 Å². The van der Waals surface area contributed by atoms with Gasteiger partial charge in [-0.3, -0.25) is 35.5 Å². The van der Waals surface area contributed by atoms with Crippen molar-refractivity contribution >= 4 is 136 Å². The normalized spacial score (nSPS) is 13.1. The summed E-state index contributed by atoms with van der Waals surface area (Å²) >= 11 is 13.6. The Bertz CT molecular complexity index is 7130. The first-order chi connectivity index (χ1) is 65.4. The smallest absolute Gasteiger partial charge is 0.153 e. The molecule has 133 heavy (non-hydrogen) atoms. The number of aromatic nitrogens is 15. The van der Waals surface area contributed by atoms with Crippen LogP contribution in [-0.2, 0) is 56.2 Å². The zero-order valence-corrected chi connectivity index (χ0v) is 76.0. The van der Waals surface area contributed by atoms with E-state index in [4.69, 9.17) is 62.3 Å². The van der Waals surface area contributed by atoms with Gasteiger partial charge in [-0.05, 0) is 208 Å². The van der Waals surface area contributed by atoms with Gasteiger partial charge in [-0.25, -0.2) is 15.0 Å². The lowest BCUT2D eigenvalue weighted by atomic mass is 9.94. The van der Waals surface area contributed by atoms with Gasteiger partial charge >= 0.3 is 0 Å². The first kappa shape index (κ1) is 87.6. The third kappa shape index (κ3) is 23.9. The number of anilines is 10. The van der Waals surface area contributed by atoms with Crippen LogP contribution in [0.3, 0.4) is 0 Å². The Morgan fingerprint density at radius 2 is 0.759 bits per heavy atom. The molecule has 0 bridgehead atoms. The van der Waals surface area contributed by atoms with Crippen molar-refractivity contribution in [3.63, 3.8) is 0 Å². The van der Waals surface area contributed by atoms with E-state index in [0.717, 1.165) is 183 Å². The van der Waals surface area contributed by atoms with Gasteiger partial charge in [-0.2, -0.15) is 25.5 Å². The molecule has 0 aliphatic heterocycles. The van der Waals surface area contributed by atoms with Crippen LogP contribution in [0.25, 0.3) is 43.2 Å². The number of H-pyrrole nitrogens is 5. The number of para-hydroxylation sites is 2. The molecule has 4 aliphatic rings. The lowest BCUT2D eigenvalue weighted by Crippen LogP contribution is -2.12. The van der Waals surface area contributed by atoms with Crippen molar-refractivity contribution in [1.29, 1.82) is 0 Å². The van der Waals surface area contributed by atoms with Crippen LogP contribution < -0.4 is 36.1 Å². The molecule has 9 aromatic carbocycles. The number of hydrogen-bond acceptors (Lipinski definition) is 19. The van der Waals surface area contributed by atoms with E-state index in [0.29, 0.717) is 49.2 Å². The molecule has 3 saturated carbocycles. The maximum Gasteiger partial charge on any atom is 0.153 e. The molecule has 0 unspecified atom stereocenters. The van der Waals surface area contributed by atoms with Crippen molar-refractivity contribution in [1.82, 2.24) is 75.9 Å². The lowest BCUT2D eigenvalue weighted by Gasteiger charge is -2.20. The number of ether oxygens (including phenoxy) is 3. The van der Waals surface area contributed by atoms with Gasteiger partial charge in [0.05, 0.1) is 47.2 Å². The highest BCUT2D eigenvalue weighted by molar-refractivity contribution is 7.98. The van der Waals surface area contributed by atoms with Gasteiger partial charge < -0.3 is 40.8 Å². The molecule has 0 radical (unpaired) electrons. The summed E-state index contributed by atoms with van der Waals surface area (Å²) in [4.78, 5) is 25.3. The first-order valence-electron chi connectivity index (χ1n) is 45.1. The monoisotopic (exact) mass is 1810 g/mol. The molecule has 3 fully saturated rings. The number of benzene rings is 9. The van der Waals surface area contributed by atoms with Crippen molar-refractivity contribution in [2.75, 3.05) is 26.6 Å². The molecule has 0 atom stereocenters. The van der Waals surface area contributed by atoms with Crippen molar-refractivity contribution < 1.29 is 14.2 Å². The van der Waals surface area contributed by atoms with Crippen LogP contribution in [-0.4, -0.2) is 75.9 Å². The Balaban J connectivity index is 0.000000107. The van der Waals surface area contributed by atoms with Crippen LogP contribution in [0.2, 0.25) is 10.0 Å². The molecule has 0 amide bonds. The summed E-state index contributed by atoms with van der Waals surface area (Å²) in [6, 6.07) is 99.4. The van der Waals surface area contributed by atoms with Crippen molar-refractivity contribution in [2.24, 2.45) is 0 Å². The van der Waals surface area contributed by atoms with Crippen LogP contribution >= 0.6 is 35.0 Å². The summed E-state index contributed by atoms with van der Waals surface area (Å²) in [7, 11) is 0. The van der Waals surface area contributed by atoms with E-state index in [1.807, 2.05) is 178 Å². The van der Waals surface area contributed by atoms with E-state index in [1.165, 1.54) is 95.6 Å². The Morgan fingerprint density at radius 1 is 0.346 bits per heavy atom. The zero-order chi connectivity index (χ0) is 90.0. The highest BCUT2D eigenvalue weighted by Gasteiger charge is 2.29. The molecular formula is C107H100Cl2N20O3S. The molecule has 23 nitrogen and oxygen atoms in total. The van der Waals surface area contributed by atoms with Gasteiger partial charge in [0.15, 0.2) is 29.1 Å². The molecule has 26 heteroatoms. The molecular weight excluding hydrogens is 1720 g/mol. The van der Waals surface area contributed by atoms with Crippen LogP contribution in [0, 0.1) is 13.8 Å². The van der Waals surface area contributed by atoms with E-state index in [9.17, 15) is 0 Å². The maximum atomic E-state index is 5.96. The van der Waals surface area contributed by atoms with Gasteiger partial charge in [0.2, 0.25) is 0 Å². The first-order valence-corrected chi connectivity index (χ1v) is 46.9. The number of hydrogen-bond donors (Lipinski definition) is 10. The minimum atomic E-state index is 0.414. The Labute approximate surface area is 785 Å². The average Bonchev–Trinajstić information content (AvgIpc) is 1.79. The summed E-state index contributed by atoms with van der Waals surface area (Å²) in [6.45, 7) is 5.84. The Hall–Kier alpha value is -14.7. The molecule has 19 aromatic rings. The summed E-state index contributed by atoms with van der Waals surface area (Å²) in [5, 5.41) is 63.4. The van der Waals surface area contributed by atoms with Crippen LogP contribution in [0.1, 0.15) is 148 Å². The van der Waals surface area contributed by atoms with Gasteiger partial charge in [0, 0.05) is 142 Å². The number of halogens is 2. The fraction of sp³-hybridized carbons (Fsp3) is 0.196. The number of rotatable bonds is 28. The highest BCUT2D eigenvalue weighted by Crippen LogP contribution is 2.43. The number of nitrogens with zero attached hydrogens (tertiary/aromatic N) is 10. The fourth-order valence-corrected chi connectivity index (χ4v) is 17.0. The second kappa shape index (κ2) is 42.0. The van der Waals surface area contributed by atoms with Crippen molar-refractivity contribution in [3.8, 4) is 11.5 Å². The SMILES string of the molecule is Cc1cc(Nc2cc(COc3ccc(Cl)cc3)nc3c2CCCC3)n[nH]1.Cc1cc(Nc2cc(CSc3ccc(Cl)cc3)nc3ccccc23)n[nH]1.c1ccc(COCc2cc3ccccc3c(Nc3cc(C4CC4)[nH]n3)n2)cc1.c1ccc(Cc2cc3ccccc3c(Nc3cc(C4CC4)[nH]n3)n2)cc1.c1ccc(OCc2cc3ccccc3c(Nc3cc(C4CC4)[nH]n3)n2)cc1. The van der Waals surface area contributed by atoms with E-state index < -0.39 is 0 Å². The second-order valence-electron chi connectivity index (χ2n) is 33.7. The third-order valence-corrected chi connectivity index (χ3v) is 24.7. The number of thioether (sulfide) groups is 1. The standard InChI is InChI=1S/C23H22N4O.C22H20N4O.C22H20N4.C20H21ClN4O.C20H17ClN4S/c1-2-6-16(7-3-1)14-28-15-19-12-18-8-4-5-9-20(18)23(24-19)25-22-13-21(26-27-22)17-10-11-17;1-2-7-18(8-3-1)27-14-17-12-16-6-4-5-9-19(16)22(23-17)24-21-13-20(25-26-21)15-10-11-15;1-2-6-15(7-3-1)12-18-13-17-8-4-5-9-19(17)22(23-18)24-21-14-20(25-26-21)16-10-11-16;2*1-13-10-20(25-24-13)23-19-11-15(22-18-5-3-2-4-17(18)19)12-26-16-8-6-14(21)7-9-16/h1-9,12-13,17H,10-11,14-15H2,(H2,24,25,26,27);1-9,12-13,15H,10-11,14H2,(H2,23,24,25,26);1-9,13-14,16H,10-12H2,(H2,23,24,25,26);6-11H,2-5,12H2,1H3,(H2,22,23,24,25);2-11H,12H2,1H3,(H2,22,23,24,25). The molecule has 666 valence electrons. The molecule has 10 N–H and O–H groups in total. The van der Waals surface area contributed by atoms with Crippen molar-refractivity contribution in [2.45, 2.75) is 139 Å². The fourth-order valence-electron chi connectivity index (χ4n) is 16.0. The predicted octanol–water partition coefficient (Wildman–Crippen LogP) is 26.5. The predicted molar refractivity (Wildman–Crippen MR) is 534 cm³/mol. The molecule has 4 aliphatic carbocycles. The van der Waals surface area contributed by atoms with Crippen LogP contribution in [0.15, 0.2) is 302 Å². The van der Waals surface area contributed by atoms with E-state index >= 15 is 0 Å². The van der Waals surface area contributed by atoms with Gasteiger partial charge in [0.25, 0.3) is 0 Å². The number of fused-ring (bicyclic) bond motifs is 5. The number of nitrogens with one attached hydrogen (secondary N) is 10. The average molecular weight is 1820 g/mol. The summed E-state index contributed by atoms with van der Waals surface area (Å²) in [5.41, 5.74) is 18.4. The summed E-state index contributed by atoms with van der Waals surface area (Å²) in [5.74, 6) is 10.9. The highest BCUT2D eigenvalue weighted by atomic mass is 35.5. The number of aromatic amines is 5. The zero-order valence-electron chi connectivity index (χ0n) is 73.7. The summed E-state index contributed by atoms with van der Waals surface area (Å²) in [6.07, 6.45) is 12.8. The lowest BCUT2D eigenvalue weighted by molar-refractivity contribution is 0.105. The quantitative estimate of drug-likeness (QED) is 0.0204. The molecule has 23 rings (SSSR count). The minimum absolute atomic E-state index is 0.414. The van der Waals surface area contributed by atoms with E-state index in [2.05, 4.69) is 211 Å². The molecule has 10 aromatic heterocycles. The minimum Gasteiger partial charge on any atom is -0.487 e. The maximum absolute atomic E-state index is 5.96. The van der Waals surface area contributed by atoms with E-state index in [-0.39, 0.29) is 0 Å². The van der Waals surface area contributed by atoms with Gasteiger partial charge in [-0.15, -0.1) is 11.8 Å². The third-order valence-electron chi connectivity index (χ3n) is 23.1.